The van der Waals surface area contributed by atoms with Crippen molar-refractivity contribution in [3.8, 4) is 0 Å². The first-order valence-corrected chi connectivity index (χ1v) is 10.0. The van der Waals surface area contributed by atoms with Crippen LogP contribution in [0, 0.1) is 10.1 Å². The van der Waals surface area contributed by atoms with Crippen LogP contribution in [0.5, 0.6) is 0 Å². The number of hydrogen-bond acceptors (Lipinski definition) is 5. The zero-order valence-corrected chi connectivity index (χ0v) is 17.9. The lowest BCUT2D eigenvalue weighted by atomic mass is 9.91. The smallest absolute Gasteiger partial charge is 0.284 e. The van der Waals surface area contributed by atoms with E-state index in [0.717, 1.165) is 4.90 Å². The Labute approximate surface area is 183 Å². The number of likely N-dealkylation sites (N-methyl/N-ethyl adjacent to an activating group) is 2. The summed E-state index contributed by atoms with van der Waals surface area (Å²) in [5.41, 5.74) is 1.58. The molecule has 1 aliphatic rings. The van der Waals surface area contributed by atoms with Crippen LogP contribution in [0.3, 0.4) is 0 Å². The van der Waals surface area contributed by atoms with Crippen molar-refractivity contribution in [2.45, 2.75) is 13.8 Å². The fourth-order valence-electron chi connectivity index (χ4n) is 3.30. The van der Waals surface area contributed by atoms with E-state index >= 15 is 0 Å². The third-order valence-corrected chi connectivity index (χ3v) is 5.53. The van der Waals surface area contributed by atoms with Crippen molar-refractivity contribution in [2.24, 2.45) is 0 Å². The normalized spacial score (nSPS) is 16.2. The number of nitrogens with zero attached hydrogens (tertiary/aromatic N) is 3. The molecule has 2 aromatic carbocycles. The van der Waals surface area contributed by atoms with Gasteiger partial charge >= 0.3 is 6.03 Å². The molecule has 30 heavy (non-hydrogen) atoms. The number of thiocarbonyl (C=S) groups is 1. The maximum absolute atomic E-state index is 13.3. The standard InChI is InChI=1S/C21H18ClN3O4S/c1-3-23-19(26)18(20(30)24(4-2)21(23)27)17(15-7-5-6-8-16(15)22)13-9-11-14(12-10-13)25(28)29/h5-12H,3-4H2,1-2H3. The molecule has 0 atom stereocenters. The number of imide groups is 1. The second kappa shape index (κ2) is 8.73. The van der Waals surface area contributed by atoms with E-state index < -0.39 is 16.9 Å². The molecule has 154 valence electrons. The second-order valence-corrected chi connectivity index (χ2v) is 7.21. The fraction of sp³-hybridized carbons (Fsp3) is 0.190. The quantitative estimate of drug-likeness (QED) is 0.290. The molecule has 0 radical (unpaired) electrons. The van der Waals surface area contributed by atoms with Gasteiger partial charge in [-0.2, -0.15) is 0 Å². The maximum Gasteiger partial charge on any atom is 0.332 e. The molecule has 1 fully saturated rings. The van der Waals surface area contributed by atoms with Crippen LogP contribution >= 0.6 is 23.8 Å². The summed E-state index contributed by atoms with van der Waals surface area (Å²) in [6.07, 6.45) is 0. The number of non-ortho nitro benzene ring substituents is 1. The number of benzene rings is 2. The average molecular weight is 444 g/mol. The van der Waals surface area contributed by atoms with Gasteiger partial charge in [-0.25, -0.2) is 4.79 Å². The number of carbonyl (C=O) groups is 2. The van der Waals surface area contributed by atoms with Gasteiger partial charge in [-0.05, 0) is 37.6 Å². The number of halogens is 1. The van der Waals surface area contributed by atoms with E-state index in [4.69, 9.17) is 23.8 Å². The van der Waals surface area contributed by atoms with Crippen molar-refractivity contribution in [2.75, 3.05) is 13.1 Å². The minimum Gasteiger partial charge on any atom is -0.284 e. The molecule has 0 bridgehead atoms. The highest BCUT2D eigenvalue weighted by molar-refractivity contribution is 7.81. The Bertz CT molecular complexity index is 1050. The van der Waals surface area contributed by atoms with Gasteiger partial charge in [0.25, 0.3) is 11.6 Å². The summed E-state index contributed by atoms with van der Waals surface area (Å²) in [6.45, 7) is 3.94. The van der Waals surface area contributed by atoms with E-state index in [0.29, 0.717) is 28.3 Å². The molecule has 0 aromatic heterocycles. The van der Waals surface area contributed by atoms with Gasteiger partial charge in [-0.15, -0.1) is 0 Å². The first kappa shape index (κ1) is 21.6. The summed E-state index contributed by atoms with van der Waals surface area (Å²) in [5, 5.41) is 11.4. The Kier molecular flexibility index (Phi) is 6.28. The molecule has 0 spiro atoms. The molecule has 2 aromatic rings. The van der Waals surface area contributed by atoms with Crippen molar-refractivity contribution < 1.29 is 14.5 Å². The minimum absolute atomic E-state index is 0.0830. The van der Waals surface area contributed by atoms with Crippen molar-refractivity contribution in [1.29, 1.82) is 0 Å². The second-order valence-electron chi connectivity index (χ2n) is 6.42. The highest BCUT2D eigenvalue weighted by Crippen LogP contribution is 2.36. The predicted molar refractivity (Wildman–Crippen MR) is 118 cm³/mol. The first-order chi connectivity index (χ1) is 14.3. The topological polar surface area (TPSA) is 83.8 Å². The average Bonchev–Trinajstić information content (AvgIpc) is 2.73. The SMILES string of the molecule is CCN1C(=O)C(=C(c2ccc([N+](=O)[O-])cc2)c2ccccc2Cl)C(=S)N(CC)C1=O. The molecule has 1 aliphatic heterocycles. The Morgan fingerprint density at radius 2 is 1.63 bits per heavy atom. The van der Waals surface area contributed by atoms with Gasteiger partial charge in [0.2, 0.25) is 0 Å². The number of urea groups is 1. The maximum atomic E-state index is 13.3. The Hall–Kier alpha value is -3.10. The van der Waals surface area contributed by atoms with E-state index in [1.807, 2.05) is 0 Å². The molecule has 0 aliphatic carbocycles. The Morgan fingerprint density at radius 3 is 2.17 bits per heavy atom. The number of amides is 3. The minimum atomic E-state index is -0.523. The van der Waals surface area contributed by atoms with Crippen molar-refractivity contribution >= 4 is 52.0 Å². The zero-order valence-electron chi connectivity index (χ0n) is 16.3. The summed E-state index contributed by atoms with van der Waals surface area (Å²) >= 11 is 12.0. The fourth-order valence-corrected chi connectivity index (χ4v) is 3.93. The van der Waals surface area contributed by atoms with E-state index in [-0.39, 0.29) is 22.8 Å². The Balaban J connectivity index is 2.35. The van der Waals surface area contributed by atoms with Crippen LogP contribution in [0.2, 0.25) is 5.02 Å². The summed E-state index contributed by atoms with van der Waals surface area (Å²) in [4.78, 5) is 39.1. The van der Waals surface area contributed by atoms with Crippen LogP contribution in [0.25, 0.3) is 5.57 Å². The van der Waals surface area contributed by atoms with Gasteiger partial charge in [0.15, 0.2) is 0 Å². The van der Waals surface area contributed by atoms with Gasteiger partial charge in [0, 0.05) is 41.4 Å². The molecular formula is C21H18ClN3O4S. The van der Waals surface area contributed by atoms with E-state index in [1.165, 1.54) is 17.0 Å². The van der Waals surface area contributed by atoms with Crippen molar-refractivity contribution in [3.05, 3.63) is 80.4 Å². The number of rotatable bonds is 5. The summed E-state index contributed by atoms with van der Waals surface area (Å²) in [5.74, 6) is -0.523. The first-order valence-electron chi connectivity index (χ1n) is 9.23. The highest BCUT2D eigenvalue weighted by atomic mass is 35.5. The molecular weight excluding hydrogens is 426 g/mol. The van der Waals surface area contributed by atoms with E-state index in [2.05, 4.69) is 0 Å². The third-order valence-electron chi connectivity index (χ3n) is 4.77. The van der Waals surface area contributed by atoms with Gasteiger partial charge in [-0.3, -0.25) is 24.7 Å². The highest BCUT2D eigenvalue weighted by Gasteiger charge is 2.40. The van der Waals surface area contributed by atoms with Crippen molar-refractivity contribution in [1.82, 2.24) is 9.80 Å². The predicted octanol–water partition coefficient (Wildman–Crippen LogP) is 4.68. The van der Waals surface area contributed by atoms with E-state index in [9.17, 15) is 19.7 Å². The zero-order chi connectivity index (χ0) is 22.0. The number of carbonyl (C=O) groups excluding carboxylic acids is 2. The molecule has 7 nitrogen and oxygen atoms in total. The van der Waals surface area contributed by atoms with Crippen LogP contribution in [0.4, 0.5) is 10.5 Å². The number of nitro benzene ring substituents is 1. The molecule has 9 heteroatoms. The van der Waals surface area contributed by atoms with Gasteiger partial charge in [0.05, 0.1) is 10.5 Å². The summed E-state index contributed by atoms with van der Waals surface area (Å²) < 4.78 is 0. The lowest BCUT2D eigenvalue weighted by Crippen LogP contribution is -2.55. The number of hydrogen-bond donors (Lipinski definition) is 0. The van der Waals surface area contributed by atoms with Crippen LogP contribution < -0.4 is 0 Å². The van der Waals surface area contributed by atoms with Crippen LogP contribution in [-0.4, -0.2) is 44.7 Å². The Morgan fingerprint density at radius 1 is 1.03 bits per heavy atom. The van der Waals surface area contributed by atoms with E-state index in [1.54, 1.807) is 50.2 Å². The van der Waals surface area contributed by atoms with Crippen LogP contribution in [0.15, 0.2) is 54.1 Å². The monoisotopic (exact) mass is 443 g/mol. The van der Waals surface area contributed by atoms with Crippen LogP contribution in [-0.2, 0) is 4.79 Å². The molecule has 1 saturated heterocycles. The molecule has 0 unspecified atom stereocenters. The van der Waals surface area contributed by atoms with Gasteiger partial charge in [-0.1, -0.05) is 42.0 Å². The molecule has 3 rings (SSSR count). The number of nitro groups is 1. The molecule has 1 heterocycles. The van der Waals surface area contributed by atoms with Gasteiger partial charge in [0.1, 0.15) is 4.99 Å². The summed E-state index contributed by atoms with van der Waals surface area (Å²) in [6, 6.07) is 12.3. The van der Waals surface area contributed by atoms with Gasteiger partial charge < -0.3 is 0 Å². The lowest BCUT2D eigenvalue weighted by Gasteiger charge is -2.36. The molecule has 3 amide bonds. The molecule has 0 N–H and O–H groups in total. The van der Waals surface area contributed by atoms with Crippen molar-refractivity contribution in [3.63, 3.8) is 0 Å². The summed E-state index contributed by atoms with van der Waals surface area (Å²) in [7, 11) is 0. The lowest BCUT2D eigenvalue weighted by molar-refractivity contribution is -0.384. The largest absolute Gasteiger partial charge is 0.332 e. The van der Waals surface area contributed by atoms with Crippen LogP contribution in [0.1, 0.15) is 25.0 Å². The third kappa shape index (κ3) is 3.71. The molecule has 0 saturated carbocycles.